The lowest BCUT2D eigenvalue weighted by Gasteiger charge is -2.09. The molecule has 1 aromatic carbocycles. The fourth-order valence-corrected chi connectivity index (χ4v) is 1.21. The number of hydrogen-bond acceptors (Lipinski definition) is 3. The van der Waals surface area contributed by atoms with Crippen molar-refractivity contribution in [2.75, 3.05) is 13.8 Å². The van der Waals surface area contributed by atoms with Gasteiger partial charge in [-0.25, -0.2) is 0 Å². The SMILES string of the molecule is [2H]N(C([2H])([2H])[2H])C([2H])(C)C([2H])([2H])c1ccc2c(c1)OCO2. The van der Waals surface area contributed by atoms with Crippen molar-refractivity contribution >= 4 is 0 Å². The number of benzene rings is 1. The summed E-state index contributed by atoms with van der Waals surface area (Å²) < 4.78 is 63.7. The summed E-state index contributed by atoms with van der Waals surface area (Å²) in [4.78, 5) is 0. The molecule has 0 aromatic heterocycles. The number of rotatable bonds is 3. The maximum Gasteiger partial charge on any atom is 0.231 e. The van der Waals surface area contributed by atoms with Gasteiger partial charge in [0.05, 0.1) is 0 Å². The number of nitrogens with one attached hydrogen (secondary N) is 1. The molecular weight excluding hydrogens is 178 g/mol. The molecule has 1 heterocycles. The van der Waals surface area contributed by atoms with Gasteiger partial charge in [0.15, 0.2) is 11.5 Å². The first-order chi connectivity index (χ1) is 9.48. The van der Waals surface area contributed by atoms with Crippen molar-refractivity contribution in [1.29, 1.82) is 0 Å². The molecule has 0 aliphatic carbocycles. The Bertz CT molecular complexity index is 544. The highest BCUT2D eigenvalue weighted by Crippen LogP contribution is 2.32. The first-order valence-corrected chi connectivity index (χ1v) is 4.17. The van der Waals surface area contributed by atoms with Crippen molar-refractivity contribution in [2.24, 2.45) is 0 Å². The van der Waals surface area contributed by atoms with Gasteiger partial charge in [-0.3, -0.25) is 0 Å². The molecule has 0 amide bonds. The lowest BCUT2D eigenvalue weighted by molar-refractivity contribution is 0.174. The smallest absolute Gasteiger partial charge is 0.231 e. The van der Waals surface area contributed by atoms with Gasteiger partial charge < -0.3 is 14.8 Å². The minimum absolute atomic E-state index is 0.00934. The van der Waals surface area contributed by atoms with Gasteiger partial charge in [0.2, 0.25) is 6.79 Å². The number of ether oxygens (including phenoxy) is 2. The quantitative estimate of drug-likeness (QED) is 0.803. The predicted molar refractivity (Wildman–Crippen MR) is 54.8 cm³/mol. The number of hydrogen-bond donors (Lipinski definition) is 1. The van der Waals surface area contributed by atoms with E-state index in [-0.39, 0.29) is 17.7 Å². The van der Waals surface area contributed by atoms with Crippen LogP contribution in [0.4, 0.5) is 0 Å². The van der Waals surface area contributed by atoms with Gasteiger partial charge in [-0.05, 0) is 38.0 Å². The average molecular weight is 200 g/mol. The van der Waals surface area contributed by atoms with Crippen LogP contribution in [0.2, 0.25) is 1.41 Å². The van der Waals surface area contributed by atoms with E-state index in [0.29, 0.717) is 11.5 Å². The van der Waals surface area contributed by atoms with E-state index in [1.54, 1.807) is 0 Å². The highest BCUT2D eigenvalue weighted by molar-refractivity contribution is 5.44. The van der Waals surface area contributed by atoms with Gasteiger partial charge in [0, 0.05) is 14.2 Å². The van der Waals surface area contributed by atoms with Gasteiger partial charge in [0.25, 0.3) is 0 Å². The maximum absolute atomic E-state index is 8.11. The zero-order chi connectivity index (χ0) is 16.1. The summed E-state index contributed by atoms with van der Waals surface area (Å²) in [6.07, 6.45) is -2.41. The third-order valence-electron chi connectivity index (χ3n) is 1.87. The van der Waals surface area contributed by atoms with Crippen LogP contribution < -0.4 is 14.8 Å². The van der Waals surface area contributed by atoms with Crippen molar-refractivity contribution in [1.82, 2.24) is 5.31 Å². The van der Waals surface area contributed by atoms with Gasteiger partial charge in [0.1, 0.15) is 1.41 Å². The predicted octanol–water partition coefficient (Wildman–Crippen LogP) is 1.57. The third kappa shape index (κ3) is 1.82. The minimum Gasteiger partial charge on any atom is -0.454 e. The highest BCUT2D eigenvalue weighted by Gasteiger charge is 2.13. The Morgan fingerprint density at radius 1 is 1.71 bits per heavy atom. The van der Waals surface area contributed by atoms with E-state index in [1.165, 1.54) is 18.2 Å². The second kappa shape index (κ2) is 3.88. The molecule has 0 spiro atoms. The van der Waals surface area contributed by atoms with Gasteiger partial charge in [-0.2, -0.15) is 0 Å². The van der Waals surface area contributed by atoms with Crippen molar-refractivity contribution in [2.45, 2.75) is 19.3 Å². The van der Waals surface area contributed by atoms with Crippen LogP contribution in [0.3, 0.4) is 0 Å². The molecule has 76 valence electrons. The summed E-state index contributed by atoms with van der Waals surface area (Å²) in [6, 6.07) is 1.93. The Morgan fingerprint density at radius 2 is 2.57 bits per heavy atom. The van der Waals surface area contributed by atoms with E-state index in [2.05, 4.69) is 0 Å². The molecule has 0 saturated heterocycles. The molecule has 0 radical (unpaired) electrons. The fourth-order valence-electron chi connectivity index (χ4n) is 1.21. The van der Waals surface area contributed by atoms with Gasteiger partial charge in [-0.15, -0.1) is 0 Å². The van der Waals surface area contributed by atoms with Crippen LogP contribution in [0, 0.1) is 0 Å². The summed E-state index contributed by atoms with van der Waals surface area (Å²) >= 11 is 0. The molecular formula is C11H15NO2. The molecule has 0 saturated carbocycles. The topological polar surface area (TPSA) is 30.5 Å². The van der Waals surface area contributed by atoms with E-state index in [1.807, 2.05) is 0 Å². The summed E-state index contributed by atoms with van der Waals surface area (Å²) in [5, 5.41) is -0.00934. The van der Waals surface area contributed by atoms with Crippen molar-refractivity contribution in [3.63, 3.8) is 0 Å². The van der Waals surface area contributed by atoms with E-state index >= 15 is 0 Å². The molecule has 2 rings (SSSR count). The van der Waals surface area contributed by atoms with Crippen LogP contribution in [-0.4, -0.2) is 19.8 Å². The number of likely N-dealkylation sites (N-methyl/N-ethyl adjacent to an activating group) is 1. The third-order valence-corrected chi connectivity index (χ3v) is 1.87. The largest absolute Gasteiger partial charge is 0.454 e. The zero-order valence-corrected chi connectivity index (χ0v) is 7.70. The summed E-state index contributed by atoms with van der Waals surface area (Å²) in [6.45, 7) is -1.82. The Kier molecular flexibility index (Phi) is 1.14. The van der Waals surface area contributed by atoms with E-state index in [4.69, 9.17) is 19.1 Å². The van der Waals surface area contributed by atoms with Crippen LogP contribution in [0.15, 0.2) is 18.2 Å². The fraction of sp³-hybridized carbons (Fsp3) is 0.455. The van der Waals surface area contributed by atoms with Crippen molar-refractivity contribution in [3.05, 3.63) is 23.8 Å². The molecule has 1 aromatic rings. The summed E-state index contributed by atoms with van der Waals surface area (Å²) in [5.74, 6) is 0.789. The van der Waals surface area contributed by atoms with Gasteiger partial charge in [-0.1, -0.05) is 6.07 Å². The standard InChI is InChI=1S/C11H15NO2/c1-8(12-2)5-9-3-4-10-11(6-9)14-7-13-10/h3-4,6,8,12H,5,7H2,1-2H3/i2D3,5D2,8D/hD. The van der Waals surface area contributed by atoms with Crippen molar-refractivity contribution < 1.29 is 19.1 Å². The average Bonchev–Trinajstić information content (AvgIpc) is 2.83. The Morgan fingerprint density at radius 3 is 3.43 bits per heavy atom. The van der Waals surface area contributed by atoms with E-state index in [9.17, 15) is 0 Å². The Balaban J connectivity index is 2.41. The Labute approximate surface area is 93.9 Å². The lowest BCUT2D eigenvalue weighted by atomic mass is 10.1. The first-order valence-electron chi connectivity index (χ1n) is 7.62. The molecule has 1 N–H and O–H groups in total. The monoisotopic (exact) mass is 200 g/mol. The normalized spacial score (nSPS) is 27.4. The molecule has 1 atom stereocenters. The molecule has 0 fully saturated rings. The van der Waals surface area contributed by atoms with Crippen LogP contribution >= 0.6 is 0 Å². The molecule has 1 unspecified atom stereocenters. The second-order valence-electron chi connectivity index (χ2n) is 2.89. The summed E-state index contributed by atoms with van der Waals surface area (Å²) in [7, 11) is 0. The van der Waals surface area contributed by atoms with E-state index < -0.39 is 19.4 Å². The number of fused-ring (bicyclic) bond motifs is 1. The zero-order valence-electron chi connectivity index (χ0n) is 14.7. The van der Waals surface area contributed by atoms with Crippen LogP contribution in [0.25, 0.3) is 0 Å². The maximum atomic E-state index is 8.11. The van der Waals surface area contributed by atoms with Crippen molar-refractivity contribution in [3.8, 4) is 11.5 Å². The van der Waals surface area contributed by atoms with Gasteiger partial charge >= 0.3 is 0 Å². The van der Waals surface area contributed by atoms with Crippen LogP contribution in [0.1, 0.15) is 20.7 Å². The minimum atomic E-state index is -2.90. The molecule has 1 aliphatic rings. The molecule has 1 aliphatic heterocycles. The molecule has 0 bridgehead atoms. The molecule has 3 heteroatoms. The van der Waals surface area contributed by atoms with E-state index in [0.717, 1.165) is 6.92 Å². The Hall–Kier alpha value is -1.22. The van der Waals surface area contributed by atoms with Crippen LogP contribution in [0.5, 0.6) is 11.5 Å². The first kappa shape index (κ1) is 4.11. The second-order valence-corrected chi connectivity index (χ2v) is 2.89. The molecule has 3 nitrogen and oxygen atoms in total. The summed E-state index contributed by atoms with van der Waals surface area (Å²) in [5.41, 5.74) is 0.0470. The lowest BCUT2D eigenvalue weighted by Crippen LogP contribution is -2.23. The molecule has 14 heavy (non-hydrogen) atoms. The van der Waals surface area contributed by atoms with Crippen LogP contribution in [-0.2, 0) is 6.37 Å². The highest BCUT2D eigenvalue weighted by atomic mass is 16.7.